The molecule has 0 unspecified atom stereocenters. The second-order valence-corrected chi connectivity index (χ2v) is 7.07. The zero-order chi connectivity index (χ0) is 24.7. The Morgan fingerprint density at radius 2 is 1.53 bits per heavy atom. The van der Waals surface area contributed by atoms with Crippen molar-refractivity contribution in [1.29, 1.82) is 0 Å². The summed E-state index contributed by atoms with van der Waals surface area (Å²) in [5, 5.41) is 0. The molecule has 0 saturated carbocycles. The molecule has 0 radical (unpaired) electrons. The first-order valence-electron chi connectivity index (χ1n) is 10.0. The van der Waals surface area contributed by atoms with Gasteiger partial charge in [0.1, 0.15) is 24.1 Å². The van der Waals surface area contributed by atoms with Crippen LogP contribution in [0, 0.1) is 11.6 Å². The number of hydrogen-bond donors (Lipinski definition) is 0. The van der Waals surface area contributed by atoms with Gasteiger partial charge < -0.3 is 14.2 Å². The molecule has 0 aliphatic carbocycles. The first kappa shape index (κ1) is 24.1. The van der Waals surface area contributed by atoms with Crippen molar-refractivity contribution in [2.45, 2.75) is 6.92 Å². The van der Waals surface area contributed by atoms with E-state index in [9.17, 15) is 18.4 Å². The Bertz CT molecular complexity index is 1280. The van der Waals surface area contributed by atoms with Gasteiger partial charge >= 0.3 is 11.9 Å². The molecule has 172 valence electrons. The SMILES string of the molecule is C=CC(=O)O/C=C\Oc1ccc(-c2ccc(-c3ccc(OC(=O)C(=C)C)cc3F)cc2)cc1F. The average molecular weight is 462 g/mol. The van der Waals surface area contributed by atoms with Crippen molar-refractivity contribution in [3.05, 3.63) is 110 Å². The van der Waals surface area contributed by atoms with Gasteiger partial charge in [-0.3, -0.25) is 0 Å². The fourth-order valence-electron chi connectivity index (χ4n) is 2.85. The molecule has 0 atom stereocenters. The van der Waals surface area contributed by atoms with E-state index in [4.69, 9.17) is 9.47 Å². The lowest BCUT2D eigenvalue weighted by Gasteiger charge is -2.09. The summed E-state index contributed by atoms with van der Waals surface area (Å²) in [7, 11) is 0. The van der Waals surface area contributed by atoms with Gasteiger partial charge in [0.15, 0.2) is 11.6 Å². The van der Waals surface area contributed by atoms with E-state index in [1.807, 2.05) is 0 Å². The van der Waals surface area contributed by atoms with Crippen LogP contribution >= 0.6 is 0 Å². The summed E-state index contributed by atoms with van der Waals surface area (Å²) in [6.07, 6.45) is 3.00. The molecule has 0 saturated heterocycles. The predicted molar refractivity (Wildman–Crippen MR) is 124 cm³/mol. The van der Waals surface area contributed by atoms with E-state index >= 15 is 0 Å². The van der Waals surface area contributed by atoms with E-state index in [2.05, 4.69) is 17.9 Å². The Hall–Kier alpha value is -4.52. The third-order valence-corrected chi connectivity index (χ3v) is 4.56. The van der Waals surface area contributed by atoms with Crippen molar-refractivity contribution < 1.29 is 32.6 Å². The van der Waals surface area contributed by atoms with Gasteiger partial charge in [0, 0.05) is 23.3 Å². The van der Waals surface area contributed by atoms with Gasteiger partial charge in [0.05, 0.1) is 0 Å². The van der Waals surface area contributed by atoms with E-state index < -0.39 is 23.6 Å². The quantitative estimate of drug-likeness (QED) is 0.169. The Morgan fingerprint density at radius 1 is 0.853 bits per heavy atom. The van der Waals surface area contributed by atoms with Gasteiger partial charge in [-0.2, -0.15) is 0 Å². The Kier molecular flexibility index (Phi) is 7.71. The van der Waals surface area contributed by atoms with Gasteiger partial charge in [-0.15, -0.1) is 0 Å². The summed E-state index contributed by atoms with van der Waals surface area (Å²) in [5.74, 6) is -2.45. The van der Waals surface area contributed by atoms with Crippen LogP contribution in [0.2, 0.25) is 0 Å². The van der Waals surface area contributed by atoms with Crippen LogP contribution in [-0.2, 0) is 14.3 Å². The minimum absolute atomic E-state index is 0.0548. The average Bonchev–Trinajstić information content (AvgIpc) is 2.82. The number of carbonyl (C=O) groups excluding carboxylic acids is 2. The van der Waals surface area contributed by atoms with Gasteiger partial charge in [-0.05, 0) is 47.9 Å². The number of benzene rings is 3. The van der Waals surface area contributed by atoms with E-state index in [1.54, 1.807) is 30.3 Å². The molecule has 0 heterocycles. The highest BCUT2D eigenvalue weighted by atomic mass is 19.1. The number of hydrogen-bond acceptors (Lipinski definition) is 5. The molecule has 0 aliphatic rings. The van der Waals surface area contributed by atoms with Crippen LogP contribution in [0.1, 0.15) is 6.92 Å². The van der Waals surface area contributed by atoms with Crippen molar-refractivity contribution in [2.24, 2.45) is 0 Å². The van der Waals surface area contributed by atoms with Crippen molar-refractivity contribution in [3.63, 3.8) is 0 Å². The zero-order valence-corrected chi connectivity index (χ0v) is 18.2. The van der Waals surface area contributed by atoms with Gasteiger partial charge in [-0.1, -0.05) is 43.5 Å². The summed E-state index contributed by atoms with van der Waals surface area (Å²) in [5.41, 5.74) is 2.42. The lowest BCUT2D eigenvalue weighted by atomic mass is 10.00. The van der Waals surface area contributed by atoms with Gasteiger partial charge in [0.2, 0.25) is 0 Å². The topological polar surface area (TPSA) is 61.8 Å². The zero-order valence-electron chi connectivity index (χ0n) is 18.2. The van der Waals surface area contributed by atoms with Crippen LogP contribution in [0.5, 0.6) is 11.5 Å². The lowest BCUT2D eigenvalue weighted by Crippen LogP contribution is -2.08. The molecule has 0 aliphatic heterocycles. The van der Waals surface area contributed by atoms with Crippen LogP contribution in [-0.4, -0.2) is 11.9 Å². The van der Waals surface area contributed by atoms with E-state index in [0.29, 0.717) is 22.3 Å². The van der Waals surface area contributed by atoms with Crippen molar-refractivity contribution in [3.8, 4) is 33.8 Å². The van der Waals surface area contributed by atoms with Crippen LogP contribution in [0.25, 0.3) is 22.3 Å². The molecule has 3 aromatic carbocycles. The molecular weight excluding hydrogens is 442 g/mol. The third-order valence-electron chi connectivity index (χ3n) is 4.56. The van der Waals surface area contributed by atoms with Gasteiger partial charge in [-0.25, -0.2) is 18.4 Å². The molecule has 0 bridgehead atoms. The maximum absolute atomic E-state index is 14.6. The molecule has 3 rings (SSSR count). The second kappa shape index (κ2) is 10.9. The third kappa shape index (κ3) is 6.04. The molecule has 7 heteroatoms. The Labute approximate surface area is 195 Å². The molecule has 0 fully saturated rings. The second-order valence-electron chi connectivity index (χ2n) is 7.07. The highest BCUT2D eigenvalue weighted by molar-refractivity contribution is 5.88. The molecule has 34 heavy (non-hydrogen) atoms. The Balaban J connectivity index is 1.72. The van der Waals surface area contributed by atoms with Crippen LogP contribution in [0.15, 0.2) is 98.0 Å². The first-order valence-corrected chi connectivity index (χ1v) is 10.0. The highest BCUT2D eigenvalue weighted by Gasteiger charge is 2.11. The lowest BCUT2D eigenvalue weighted by molar-refractivity contribution is -0.132. The smallest absolute Gasteiger partial charge is 0.338 e. The number of esters is 2. The van der Waals surface area contributed by atoms with E-state index in [0.717, 1.165) is 24.7 Å². The minimum atomic E-state index is -0.666. The molecular formula is C27H20F2O5. The summed E-state index contributed by atoms with van der Waals surface area (Å²) in [6, 6.07) is 15.4. The molecule has 3 aromatic rings. The standard InChI is InChI=1S/C27H20F2O5/c1-4-26(30)33-14-13-32-25-12-9-20(15-24(25)29)18-5-7-19(8-6-18)22-11-10-21(16-23(22)28)34-27(31)17(2)3/h4-16H,1-2H2,3H3/b14-13-. The van der Waals surface area contributed by atoms with Crippen molar-refractivity contribution in [2.75, 3.05) is 0 Å². The first-order chi connectivity index (χ1) is 16.3. The largest absolute Gasteiger partial charge is 0.459 e. The van der Waals surface area contributed by atoms with Crippen LogP contribution in [0.4, 0.5) is 8.78 Å². The predicted octanol–water partition coefficient (Wildman–Crippen LogP) is 6.36. The van der Waals surface area contributed by atoms with Crippen LogP contribution < -0.4 is 9.47 Å². The number of halogens is 2. The fourth-order valence-corrected chi connectivity index (χ4v) is 2.85. The molecule has 0 spiro atoms. The summed E-state index contributed by atoms with van der Waals surface area (Å²) < 4.78 is 43.7. The van der Waals surface area contributed by atoms with Gasteiger partial charge in [0.25, 0.3) is 0 Å². The summed E-state index contributed by atoms with van der Waals surface area (Å²) >= 11 is 0. The number of rotatable bonds is 8. The molecule has 0 N–H and O–H groups in total. The number of carbonyl (C=O) groups is 2. The van der Waals surface area contributed by atoms with E-state index in [1.165, 1.54) is 31.2 Å². The monoisotopic (exact) mass is 462 g/mol. The maximum Gasteiger partial charge on any atom is 0.338 e. The van der Waals surface area contributed by atoms with Crippen molar-refractivity contribution >= 4 is 11.9 Å². The normalized spacial score (nSPS) is 10.6. The Morgan fingerprint density at radius 3 is 2.15 bits per heavy atom. The van der Waals surface area contributed by atoms with Crippen molar-refractivity contribution in [1.82, 2.24) is 0 Å². The molecule has 5 nitrogen and oxygen atoms in total. The maximum atomic E-state index is 14.6. The fraction of sp³-hybridized carbons (Fsp3) is 0.0370. The highest BCUT2D eigenvalue weighted by Crippen LogP contribution is 2.30. The minimum Gasteiger partial charge on any atom is -0.459 e. The van der Waals surface area contributed by atoms with E-state index in [-0.39, 0.29) is 17.1 Å². The summed E-state index contributed by atoms with van der Waals surface area (Å²) in [6.45, 7) is 8.24. The number of ether oxygens (including phenoxy) is 3. The molecule has 0 aromatic heterocycles. The van der Waals surface area contributed by atoms with Crippen LogP contribution in [0.3, 0.4) is 0 Å². The summed E-state index contributed by atoms with van der Waals surface area (Å²) in [4.78, 5) is 22.5. The molecule has 0 amide bonds.